The molecular weight excluding hydrogens is 342 g/mol. The first-order valence-electron chi connectivity index (χ1n) is 9.58. The van der Waals surface area contributed by atoms with Crippen LogP contribution in [-0.2, 0) is 11.3 Å². The number of rotatable bonds is 7. The van der Waals surface area contributed by atoms with Gasteiger partial charge in [0.2, 0.25) is 5.91 Å². The molecule has 1 unspecified atom stereocenters. The van der Waals surface area contributed by atoms with Gasteiger partial charge in [-0.15, -0.1) is 0 Å². The van der Waals surface area contributed by atoms with E-state index in [1.807, 2.05) is 42.1 Å². The van der Waals surface area contributed by atoms with Gasteiger partial charge in [-0.2, -0.15) is 5.10 Å². The first-order chi connectivity index (χ1) is 13.2. The number of hydrogen-bond acceptors (Lipinski definition) is 4. The molecule has 3 rings (SSSR count). The van der Waals surface area contributed by atoms with Crippen LogP contribution in [-0.4, -0.2) is 34.7 Å². The lowest BCUT2D eigenvalue weighted by Gasteiger charge is -2.22. The molecule has 0 saturated carbocycles. The van der Waals surface area contributed by atoms with Crippen LogP contribution in [0.25, 0.3) is 0 Å². The van der Waals surface area contributed by atoms with Crippen molar-refractivity contribution in [3.8, 4) is 0 Å². The smallest absolute Gasteiger partial charge is 0.272 e. The van der Waals surface area contributed by atoms with Crippen molar-refractivity contribution in [2.45, 2.75) is 45.2 Å². The number of carbonyl (C=O) groups excluding carboxylic acids is 2. The lowest BCUT2D eigenvalue weighted by Crippen LogP contribution is -2.32. The monoisotopic (exact) mass is 369 g/mol. The Kier molecular flexibility index (Phi) is 6.59. The van der Waals surface area contributed by atoms with E-state index in [1.54, 1.807) is 6.07 Å². The maximum absolute atomic E-state index is 12.3. The summed E-state index contributed by atoms with van der Waals surface area (Å²) in [5.74, 6) is -0.167. The van der Waals surface area contributed by atoms with Crippen molar-refractivity contribution in [1.82, 2.24) is 20.4 Å². The van der Waals surface area contributed by atoms with Crippen molar-refractivity contribution in [1.29, 1.82) is 0 Å². The lowest BCUT2D eigenvalue weighted by atomic mass is 10.1. The lowest BCUT2D eigenvalue weighted by molar-refractivity contribution is -0.116. The van der Waals surface area contributed by atoms with Crippen molar-refractivity contribution in [3.63, 3.8) is 0 Å². The number of benzene rings is 1. The molecule has 0 radical (unpaired) electrons. The quantitative estimate of drug-likeness (QED) is 0.700. The number of carbonyl (C=O) groups is 2. The zero-order valence-corrected chi connectivity index (χ0v) is 15.7. The fourth-order valence-electron chi connectivity index (χ4n) is 3.15. The summed E-state index contributed by atoms with van der Waals surface area (Å²) >= 11 is 0. The molecule has 144 valence electrons. The van der Waals surface area contributed by atoms with Crippen LogP contribution >= 0.6 is 0 Å². The highest BCUT2D eigenvalue weighted by Gasteiger charge is 2.17. The molecule has 1 aromatic carbocycles. The third kappa shape index (κ3) is 5.40. The molecule has 2 aromatic rings. The third-order valence-corrected chi connectivity index (χ3v) is 4.65. The van der Waals surface area contributed by atoms with E-state index in [0.717, 1.165) is 43.6 Å². The first-order valence-corrected chi connectivity index (χ1v) is 9.58. The fraction of sp³-hybridized carbons (Fsp3) is 0.450. The zero-order valence-electron chi connectivity index (χ0n) is 15.7. The SMILES string of the molecule is CCCC(=O)Nc1ccc(CNC(=O)c2ccn(C3CCCNC3)n2)cc1. The molecule has 27 heavy (non-hydrogen) atoms. The van der Waals surface area contributed by atoms with E-state index in [0.29, 0.717) is 24.7 Å². The average Bonchev–Trinajstić information content (AvgIpc) is 3.18. The molecule has 0 spiro atoms. The van der Waals surface area contributed by atoms with Gasteiger partial charge >= 0.3 is 0 Å². The Morgan fingerprint density at radius 2 is 2.07 bits per heavy atom. The van der Waals surface area contributed by atoms with Gasteiger partial charge < -0.3 is 16.0 Å². The van der Waals surface area contributed by atoms with Gasteiger partial charge in [0.15, 0.2) is 0 Å². The molecule has 2 amide bonds. The molecule has 1 aromatic heterocycles. The summed E-state index contributed by atoms with van der Waals surface area (Å²) in [7, 11) is 0. The minimum atomic E-state index is -0.183. The maximum Gasteiger partial charge on any atom is 0.272 e. The first kappa shape index (κ1) is 19.1. The molecule has 0 bridgehead atoms. The van der Waals surface area contributed by atoms with Gasteiger partial charge in [-0.05, 0) is 49.6 Å². The molecule has 0 aliphatic carbocycles. The van der Waals surface area contributed by atoms with Crippen molar-refractivity contribution in [3.05, 3.63) is 47.8 Å². The highest BCUT2D eigenvalue weighted by molar-refractivity contribution is 5.92. The molecule has 1 fully saturated rings. The Balaban J connectivity index is 1.50. The Bertz CT molecular complexity index is 763. The van der Waals surface area contributed by atoms with Crippen LogP contribution in [0.15, 0.2) is 36.5 Å². The van der Waals surface area contributed by atoms with Crippen molar-refractivity contribution in [2.75, 3.05) is 18.4 Å². The van der Waals surface area contributed by atoms with E-state index in [2.05, 4.69) is 21.0 Å². The summed E-state index contributed by atoms with van der Waals surface area (Å²) in [6, 6.07) is 9.56. The summed E-state index contributed by atoms with van der Waals surface area (Å²) in [4.78, 5) is 23.9. The predicted octanol–water partition coefficient (Wildman–Crippen LogP) is 2.48. The van der Waals surface area contributed by atoms with Crippen LogP contribution in [0.5, 0.6) is 0 Å². The van der Waals surface area contributed by atoms with Gasteiger partial charge in [0.05, 0.1) is 6.04 Å². The highest BCUT2D eigenvalue weighted by atomic mass is 16.2. The highest BCUT2D eigenvalue weighted by Crippen LogP contribution is 2.16. The van der Waals surface area contributed by atoms with Gasteiger partial charge in [-0.3, -0.25) is 14.3 Å². The maximum atomic E-state index is 12.3. The molecule has 7 nitrogen and oxygen atoms in total. The van der Waals surface area contributed by atoms with Gasteiger partial charge in [-0.25, -0.2) is 0 Å². The zero-order chi connectivity index (χ0) is 19.1. The Morgan fingerprint density at radius 1 is 1.26 bits per heavy atom. The predicted molar refractivity (Wildman–Crippen MR) is 105 cm³/mol. The van der Waals surface area contributed by atoms with E-state index in [9.17, 15) is 9.59 Å². The van der Waals surface area contributed by atoms with Gasteiger partial charge in [0, 0.05) is 31.4 Å². The summed E-state index contributed by atoms with van der Waals surface area (Å²) in [6.45, 7) is 4.33. The second kappa shape index (κ2) is 9.32. The van der Waals surface area contributed by atoms with Gasteiger partial charge in [-0.1, -0.05) is 19.1 Å². The molecule has 2 heterocycles. The Labute approximate surface area is 159 Å². The van der Waals surface area contributed by atoms with E-state index in [-0.39, 0.29) is 11.8 Å². The largest absolute Gasteiger partial charge is 0.347 e. The van der Waals surface area contributed by atoms with Crippen LogP contribution in [0.4, 0.5) is 5.69 Å². The number of aromatic nitrogens is 2. The normalized spacial score (nSPS) is 16.7. The van der Waals surface area contributed by atoms with Crippen LogP contribution in [0.3, 0.4) is 0 Å². The molecule has 7 heteroatoms. The standard InChI is InChI=1S/C20H27N5O2/c1-2-4-19(26)23-16-8-6-15(7-9-16)13-22-20(27)18-10-12-25(24-18)17-5-3-11-21-14-17/h6-10,12,17,21H,2-5,11,13-14H2,1H3,(H,22,27)(H,23,26). The summed E-state index contributed by atoms with van der Waals surface area (Å²) in [5.41, 5.74) is 2.17. The number of piperidine rings is 1. The van der Waals surface area contributed by atoms with Crippen LogP contribution in [0, 0.1) is 0 Å². The summed E-state index contributed by atoms with van der Waals surface area (Å²) in [5, 5.41) is 13.5. The minimum Gasteiger partial charge on any atom is -0.347 e. The van der Waals surface area contributed by atoms with E-state index in [4.69, 9.17) is 0 Å². The van der Waals surface area contributed by atoms with Gasteiger partial charge in [0.1, 0.15) is 5.69 Å². The Morgan fingerprint density at radius 3 is 2.78 bits per heavy atom. The molecule has 1 aliphatic rings. The van der Waals surface area contributed by atoms with E-state index < -0.39 is 0 Å². The molecule has 1 atom stereocenters. The number of nitrogens with one attached hydrogen (secondary N) is 3. The van der Waals surface area contributed by atoms with Crippen molar-refractivity contribution in [2.24, 2.45) is 0 Å². The molecular formula is C20H27N5O2. The van der Waals surface area contributed by atoms with Crippen LogP contribution in [0.2, 0.25) is 0 Å². The number of hydrogen-bond donors (Lipinski definition) is 3. The van der Waals surface area contributed by atoms with Crippen molar-refractivity contribution < 1.29 is 9.59 Å². The molecule has 1 saturated heterocycles. The second-order valence-corrected chi connectivity index (χ2v) is 6.86. The summed E-state index contributed by atoms with van der Waals surface area (Å²) in [6.07, 6.45) is 5.42. The summed E-state index contributed by atoms with van der Waals surface area (Å²) < 4.78 is 1.88. The van der Waals surface area contributed by atoms with E-state index >= 15 is 0 Å². The van der Waals surface area contributed by atoms with Crippen molar-refractivity contribution >= 4 is 17.5 Å². The Hall–Kier alpha value is -2.67. The van der Waals surface area contributed by atoms with Crippen LogP contribution in [0.1, 0.15) is 54.7 Å². The molecule has 3 N–H and O–H groups in total. The number of nitrogens with zero attached hydrogens (tertiary/aromatic N) is 2. The minimum absolute atomic E-state index is 0.0160. The topological polar surface area (TPSA) is 88.0 Å². The number of amides is 2. The second-order valence-electron chi connectivity index (χ2n) is 6.86. The van der Waals surface area contributed by atoms with Crippen LogP contribution < -0.4 is 16.0 Å². The average molecular weight is 369 g/mol. The number of anilines is 1. The van der Waals surface area contributed by atoms with E-state index in [1.165, 1.54) is 0 Å². The molecule has 1 aliphatic heterocycles. The fourth-order valence-corrected chi connectivity index (χ4v) is 3.15. The third-order valence-electron chi connectivity index (χ3n) is 4.65. The van der Waals surface area contributed by atoms with Gasteiger partial charge in [0.25, 0.3) is 5.91 Å².